The third-order valence-electron chi connectivity index (χ3n) is 4.27. The molecule has 0 radical (unpaired) electrons. The molecule has 1 heterocycles. The first-order chi connectivity index (χ1) is 12.9. The zero-order chi connectivity index (χ0) is 19.4. The summed E-state index contributed by atoms with van der Waals surface area (Å²) in [7, 11) is 0. The molecule has 2 aromatic carbocycles. The Morgan fingerprint density at radius 2 is 1.85 bits per heavy atom. The normalized spacial score (nSPS) is 11.7. The Bertz CT molecular complexity index is 941. The van der Waals surface area contributed by atoms with Crippen molar-refractivity contribution in [3.63, 3.8) is 0 Å². The first kappa shape index (κ1) is 19.5. The Labute approximate surface area is 164 Å². The number of ether oxygens (including phenoxy) is 1. The molecule has 0 fully saturated rings. The van der Waals surface area contributed by atoms with Crippen LogP contribution in [0.2, 0.25) is 5.02 Å². The largest absolute Gasteiger partial charge is 0.493 e. The number of ketones is 1. The first-order valence-corrected chi connectivity index (χ1v) is 9.52. The molecule has 0 unspecified atom stereocenters. The summed E-state index contributed by atoms with van der Waals surface area (Å²) < 4.78 is 5.92. The highest BCUT2D eigenvalue weighted by Gasteiger charge is 2.19. The van der Waals surface area contributed by atoms with E-state index in [1.54, 1.807) is 18.3 Å². The van der Waals surface area contributed by atoms with Crippen molar-refractivity contribution >= 4 is 28.3 Å². The number of hydrogen-bond acceptors (Lipinski definition) is 3. The van der Waals surface area contributed by atoms with Crippen LogP contribution in [-0.2, 0) is 0 Å². The van der Waals surface area contributed by atoms with E-state index in [0.29, 0.717) is 28.5 Å². The molecule has 142 valence electrons. The van der Waals surface area contributed by atoms with Crippen LogP contribution in [0, 0.1) is 0 Å². The molecule has 3 aromatic rings. The molecule has 1 aromatic heterocycles. The third kappa shape index (κ3) is 4.71. The molecule has 0 saturated carbocycles. The van der Waals surface area contributed by atoms with Gasteiger partial charge in [0.1, 0.15) is 5.75 Å². The van der Waals surface area contributed by atoms with Crippen LogP contribution in [0.25, 0.3) is 10.9 Å². The first-order valence-electron chi connectivity index (χ1n) is 9.14. The molecule has 0 aliphatic heterocycles. The van der Waals surface area contributed by atoms with E-state index in [9.17, 15) is 4.79 Å². The smallest absolute Gasteiger partial charge is 0.197 e. The van der Waals surface area contributed by atoms with Gasteiger partial charge in [0.2, 0.25) is 0 Å². The van der Waals surface area contributed by atoms with E-state index in [1.807, 2.05) is 30.3 Å². The minimum absolute atomic E-state index is 0.0857. The minimum atomic E-state index is -0.0921. The molecule has 0 spiro atoms. The zero-order valence-electron chi connectivity index (χ0n) is 15.9. The lowest BCUT2D eigenvalue weighted by Crippen LogP contribution is -2.36. The highest BCUT2D eigenvalue weighted by atomic mass is 35.5. The number of rotatable bonds is 7. The second-order valence-electron chi connectivity index (χ2n) is 7.57. The van der Waals surface area contributed by atoms with Crippen LogP contribution in [-0.4, -0.2) is 29.5 Å². The van der Waals surface area contributed by atoms with Gasteiger partial charge < -0.3 is 15.0 Å². The van der Waals surface area contributed by atoms with Gasteiger partial charge >= 0.3 is 0 Å². The fraction of sp³-hybridized carbons (Fsp3) is 0.318. The molecule has 0 atom stereocenters. The van der Waals surface area contributed by atoms with Gasteiger partial charge in [0.05, 0.1) is 17.2 Å². The summed E-state index contributed by atoms with van der Waals surface area (Å²) in [4.78, 5) is 16.3. The van der Waals surface area contributed by atoms with Crippen LogP contribution in [0.15, 0.2) is 48.7 Å². The number of aromatic amines is 1. The molecule has 0 aliphatic carbocycles. The molecule has 0 bridgehead atoms. The van der Waals surface area contributed by atoms with E-state index in [4.69, 9.17) is 16.3 Å². The van der Waals surface area contributed by atoms with Crippen LogP contribution in [0.3, 0.4) is 0 Å². The number of carbonyl (C=O) groups is 1. The molecular formula is C22H25ClN2O2. The van der Waals surface area contributed by atoms with Gasteiger partial charge in [0.15, 0.2) is 5.78 Å². The predicted molar refractivity (Wildman–Crippen MR) is 111 cm³/mol. The summed E-state index contributed by atoms with van der Waals surface area (Å²) in [6, 6.07) is 12.9. The molecule has 2 N–H and O–H groups in total. The Balaban J connectivity index is 1.77. The number of carbonyl (C=O) groups excluding carboxylic acids is 1. The summed E-state index contributed by atoms with van der Waals surface area (Å²) >= 11 is 6.28. The second kappa shape index (κ2) is 8.15. The van der Waals surface area contributed by atoms with Crippen molar-refractivity contribution in [1.29, 1.82) is 0 Å². The average Bonchev–Trinajstić information content (AvgIpc) is 3.02. The maximum atomic E-state index is 13.2. The highest BCUT2D eigenvalue weighted by Crippen LogP contribution is 2.30. The molecule has 4 nitrogen and oxygen atoms in total. The Morgan fingerprint density at radius 1 is 1.11 bits per heavy atom. The van der Waals surface area contributed by atoms with E-state index >= 15 is 0 Å². The summed E-state index contributed by atoms with van der Waals surface area (Å²) in [5, 5.41) is 4.72. The molecule has 0 saturated heterocycles. The lowest BCUT2D eigenvalue weighted by molar-refractivity contribution is 0.103. The van der Waals surface area contributed by atoms with Gasteiger partial charge in [-0.2, -0.15) is 0 Å². The summed E-state index contributed by atoms with van der Waals surface area (Å²) in [5.74, 6) is 0.507. The second-order valence-corrected chi connectivity index (χ2v) is 7.98. The number of nitrogens with one attached hydrogen (secondary N) is 2. The third-order valence-corrected chi connectivity index (χ3v) is 4.57. The summed E-state index contributed by atoms with van der Waals surface area (Å²) in [6.07, 6.45) is 2.56. The van der Waals surface area contributed by atoms with Crippen molar-refractivity contribution in [2.45, 2.75) is 32.7 Å². The van der Waals surface area contributed by atoms with Gasteiger partial charge in [-0.05, 0) is 51.9 Å². The molecule has 0 aliphatic rings. The van der Waals surface area contributed by atoms with Crippen LogP contribution >= 0.6 is 11.6 Å². The average molecular weight is 385 g/mol. The van der Waals surface area contributed by atoms with Crippen molar-refractivity contribution in [2.75, 3.05) is 13.2 Å². The quantitative estimate of drug-likeness (QED) is 0.434. The fourth-order valence-electron chi connectivity index (χ4n) is 2.98. The highest BCUT2D eigenvalue weighted by molar-refractivity contribution is 6.37. The summed E-state index contributed by atoms with van der Waals surface area (Å²) in [5.41, 5.74) is 2.05. The Hall–Kier alpha value is -2.30. The van der Waals surface area contributed by atoms with Crippen LogP contribution in [0.1, 0.15) is 43.1 Å². The Kier molecular flexibility index (Phi) is 5.88. The topological polar surface area (TPSA) is 54.1 Å². The number of fused-ring (bicyclic) bond motifs is 1. The minimum Gasteiger partial charge on any atom is -0.493 e. The maximum absolute atomic E-state index is 13.2. The van der Waals surface area contributed by atoms with Gasteiger partial charge in [-0.1, -0.05) is 35.9 Å². The molecule has 3 rings (SSSR count). The SMILES string of the molecule is CC(C)(C)NCCCOc1ccccc1C(=O)c1cccc2[nH]cc(Cl)c12. The standard InChI is InChI=1S/C22H25ClN2O2/c1-22(2,3)25-12-7-13-27-19-11-5-4-8-15(19)21(26)16-9-6-10-18-20(16)17(23)14-24-18/h4-6,8-11,14,24-25H,7,12-13H2,1-3H3. The van der Waals surface area contributed by atoms with E-state index in [-0.39, 0.29) is 11.3 Å². The van der Waals surface area contributed by atoms with Crippen molar-refractivity contribution in [2.24, 2.45) is 0 Å². The van der Waals surface area contributed by atoms with Crippen LogP contribution in [0.5, 0.6) is 5.75 Å². The van der Waals surface area contributed by atoms with E-state index in [0.717, 1.165) is 23.9 Å². The zero-order valence-corrected chi connectivity index (χ0v) is 16.7. The molecule has 27 heavy (non-hydrogen) atoms. The molecule has 0 amide bonds. The van der Waals surface area contributed by atoms with Crippen molar-refractivity contribution in [3.8, 4) is 5.75 Å². The van der Waals surface area contributed by atoms with E-state index in [2.05, 4.69) is 31.1 Å². The maximum Gasteiger partial charge on any atom is 0.197 e. The van der Waals surface area contributed by atoms with Gasteiger partial charge in [-0.3, -0.25) is 4.79 Å². The fourth-order valence-corrected chi connectivity index (χ4v) is 3.23. The number of hydrogen-bond donors (Lipinski definition) is 2. The van der Waals surface area contributed by atoms with Crippen LogP contribution in [0.4, 0.5) is 0 Å². The lowest BCUT2D eigenvalue weighted by atomic mass is 9.99. The number of H-pyrrole nitrogens is 1. The number of aromatic nitrogens is 1. The molecule has 5 heteroatoms. The van der Waals surface area contributed by atoms with Crippen molar-refractivity contribution in [1.82, 2.24) is 10.3 Å². The van der Waals surface area contributed by atoms with Gasteiger partial charge in [-0.15, -0.1) is 0 Å². The van der Waals surface area contributed by atoms with E-state index < -0.39 is 0 Å². The molecular weight excluding hydrogens is 360 g/mol. The number of para-hydroxylation sites is 1. The van der Waals surface area contributed by atoms with Crippen molar-refractivity contribution in [3.05, 3.63) is 64.8 Å². The lowest BCUT2D eigenvalue weighted by Gasteiger charge is -2.20. The van der Waals surface area contributed by atoms with Crippen LogP contribution < -0.4 is 10.1 Å². The predicted octanol–water partition coefficient (Wildman–Crippen LogP) is 5.21. The summed E-state index contributed by atoms with van der Waals surface area (Å²) in [6.45, 7) is 7.80. The van der Waals surface area contributed by atoms with Gasteiger partial charge in [-0.25, -0.2) is 0 Å². The van der Waals surface area contributed by atoms with Crippen molar-refractivity contribution < 1.29 is 9.53 Å². The Morgan fingerprint density at radius 3 is 2.63 bits per heavy atom. The van der Waals surface area contributed by atoms with Gasteiger partial charge in [0.25, 0.3) is 0 Å². The van der Waals surface area contributed by atoms with Gasteiger partial charge in [0, 0.05) is 28.2 Å². The monoisotopic (exact) mass is 384 g/mol. The number of halogens is 1. The van der Waals surface area contributed by atoms with E-state index in [1.165, 1.54) is 0 Å². The number of benzene rings is 2.